The maximum absolute atomic E-state index is 12.2. The van der Waals surface area contributed by atoms with Gasteiger partial charge in [0.2, 0.25) is 0 Å². The molecule has 1 N–H and O–H groups in total. The lowest BCUT2D eigenvalue weighted by Gasteiger charge is -2.08. The van der Waals surface area contributed by atoms with Crippen LogP contribution in [0.25, 0.3) is 0 Å². The van der Waals surface area contributed by atoms with Crippen LogP contribution in [0.2, 0.25) is 0 Å². The van der Waals surface area contributed by atoms with Gasteiger partial charge in [-0.05, 0) is 18.6 Å². The summed E-state index contributed by atoms with van der Waals surface area (Å²) in [4.78, 5) is 24.0. The third-order valence-electron chi connectivity index (χ3n) is 4.79. The van der Waals surface area contributed by atoms with Crippen LogP contribution in [-0.2, 0) is 0 Å². The van der Waals surface area contributed by atoms with Crippen LogP contribution in [0, 0.1) is 0 Å². The molecule has 0 amide bonds. The Kier molecular flexibility index (Phi) is 8.55. The lowest BCUT2D eigenvalue weighted by molar-refractivity contribution is 0.102. The second-order valence-corrected chi connectivity index (χ2v) is 7.28. The standard InChI is InChI=1S/C16H16O3.C13H10O/c1-2-10-19-13-8-9-14(15(17)11-13)16(18)12-6-4-3-5-7-12;14-13(11-7-3-1-4-8-11)12-9-5-2-6-10-12/h3-9,11,17H,2,10H2,1H3;1-10H. The van der Waals surface area contributed by atoms with E-state index in [0.29, 0.717) is 17.9 Å². The minimum Gasteiger partial charge on any atom is -0.507 e. The summed E-state index contributed by atoms with van der Waals surface area (Å²) in [5, 5.41) is 9.92. The first-order chi connectivity index (χ1) is 16.1. The zero-order chi connectivity index (χ0) is 23.5. The van der Waals surface area contributed by atoms with Crippen LogP contribution < -0.4 is 4.74 Å². The number of hydrogen-bond donors (Lipinski definition) is 1. The maximum Gasteiger partial charge on any atom is 0.196 e. The molecule has 0 aliphatic rings. The van der Waals surface area contributed by atoms with E-state index in [1.807, 2.05) is 73.7 Å². The number of carbonyl (C=O) groups is 2. The van der Waals surface area contributed by atoms with Crippen molar-refractivity contribution in [3.63, 3.8) is 0 Å². The number of hydrogen-bond acceptors (Lipinski definition) is 4. The third-order valence-corrected chi connectivity index (χ3v) is 4.79. The Morgan fingerprint density at radius 1 is 0.667 bits per heavy atom. The Labute approximate surface area is 194 Å². The molecular weight excluding hydrogens is 412 g/mol. The molecule has 0 aliphatic carbocycles. The average Bonchev–Trinajstić information content (AvgIpc) is 2.88. The highest BCUT2D eigenvalue weighted by Gasteiger charge is 2.13. The van der Waals surface area contributed by atoms with Crippen LogP contribution in [-0.4, -0.2) is 23.3 Å². The van der Waals surface area contributed by atoms with E-state index in [4.69, 9.17) is 4.74 Å². The van der Waals surface area contributed by atoms with Gasteiger partial charge in [-0.2, -0.15) is 0 Å². The number of rotatable bonds is 7. The van der Waals surface area contributed by atoms with Gasteiger partial charge in [0.25, 0.3) is 0 Å². The molecule has 0 aliphatic heterocycles. The molecule has 0 atom stereocenters. The van der Waals surface area contributed by atoms with Crippen LogP contribution in [0.3, 0.4) is 0 Å². The normalized spacial score (nSPS) is 9.97. The summed E-state index contributed by atoms with van der Waals surface area (Å²) < 4.78 is 5.41. The molecule has 0 heterocycles. The number of aromatic hydroxyl groups is 1. The van der Waals surface area contributed by atoms with Crippen molar-refractivity contribution in [1.29, 1.82) is 0 Å². The van der Waals surface area contributed by atoms with Gasteiger partial charge in [-0.1, -0.05) is 97.9 Å². The molecule has 4 rings (SSSR count). The van der Waals surface area contributed by atoms with Crippen molar-refractivity contribution >= 4 is 11.6 Å². The zero-order valence-corrected chi connectivity index (χ0v) is 18.5. The molecule has 0 radical (unpaired) electrons. The SMILES string of the molecule is CCCOc1ccc(C(=O)c2ccccc2)c(O)c1.O=C(c1ccccc1)c1ccccc1. The van der Waals surface area contributed by atoms with E-state index >= 15 is 0 Å². The average molecular weight is 439 g/mol. The summed E-state index contributed by atoms with van der Waals surface area (Å²) in [5.41, 5.74) is 2.31. The highest BCUT2D eigenvalue weighted by atomic mass is 16.5. The molecule has 0 unspecified atom stereocenters. The number of carbonyl (C=O) groups excluding carboxylic acids is 2. The number of ketones is 2. The number of ether oxygens (including phenoxy) is 1. The van der Waals surface area contributed by atoms with Gasteiger partial charge >= 0.3 is 0 Å². The lowest BCUT2D eigenvalue weighted by atomic mass is 10.0. The van der Waals surface area contributed by atoms with Gasteiger partial charge in [0.15, 0.2) is 11.6 Å². The number of phenolic OH excluding ortho intramolecular Hbond substituents is 1. The third kappa shape index (κ3) is 6.65. The van der Waals surface area contributed by atoms with E-state index < -0.39 is 0 Å². The van der Waals surface area contributed by atoms with Crippen LogP contribution in [0.5, 0.6) is 11.5 Å². The van der Waals surface area contributed by atoms with Crippen molar-refractivity contribution in [2.24, 2.45) is 0 Å². The van der Waals surface area contributed by atoms with E-state index in [1.165, 1.54) is 6.07 Å². The van der Waals surface area contributed by atoms with Crippen molar-refractivity contribution in [2.75, 3.05) is 6.61 Å². The molecule has 0 spiro atoms. The highest BCUT2D eigenvalue weighted by molar-refractivity contribution is 6.10. The van der Waals surface area contributed by atoms with E-state index in [-0.39, 0.29) is 22.9 Å². The first-order valence-electron chi connectivity index (χ1n) is 10.8. The lowest BCUT2D eigenvalue weighted by Crippen LogP contribution is -2.02. The zero-order valence-electron chi connectivity index (χ0n) is 18.5. The van der Waals surface area contributed by atoms with E-state index in [2.05, 4.69) is 0 Å². The van der Waals surface area contributed by atoms with Gasteiger partial charge in [-0.3, -0.25) is 9.59 Å². The summed E-state index contributed by atoms with van der Waals surface area (Å²) in [6.45, 7) is 2.60. The molecule has 4 aromatic carbocycles. The molecule has 4 aromatic rings. The Bertz CT molecular complexity index is 1130. The van der Waals surface area contributed by atoms with Crippen molar-refractivity contribution in [2.45, 2.75) is 13.3 Å². The summed E-state index contributed by atoms with van der Waals surface area (Å²) in [7, 11) is 0. The van der Waals surface area contributed by atoms with E-state index in [1.54, 1.807) is 36.4 Å². The summed E-state index contributed by atoms with van der Waals surface area (Å²) in [6.07, 6.45) is 0.894. The Balaban J connectivity index is 0.000000194. The van der Waals surface area contributed by atoms with Crippen LogP contribution >= 0.6 is 0 Å². The predicted molar refractivity (Wildman–Crippen MR) is 130 cm³/mol. The largest absolute Gasteiger partial charge is 0.507 e. The van der Waals surface area contributed by atoms with Crippen molar-refractivity contribution < 1.29 is 19.4 Å². The van der Waals surface area contributed by atoms with Gasteiger partial charge in [-0.15, -0.1) is 0 Å². The topological polar surface area (TPSA) is 63.6 Å². The quantitative estimate of drug-likeness (QED) is 0.343. The molecule has 166 valence electrons. The van der Waals surface area contributed by atoms with Gasteiger partial charge in [0.1, 0.15) is 11.5 Å². The summed E-state index contributed by atoms with van der Waals surface area (Å²) in [5.74, 6) is 0.401. The van der Waals surface area contributed by atoms with Crippen LogP contribution in [0.1, 0.15) is 45.2 Å². The predicted octanol–water partition coefficient (Wildman–Crippen LogP) is 6.33. The highest BCUT2D eigenvalue weighted by Crippen LogP contribution is 2.26. The molecule has 4 nitrogen and oxygen atoms in total. The first-order valence-corrected chi connectivity index (χ1v) is 10.8. The van der Waals surface area contributed by atoms with Crippen LogP contribution in [0.4, 0.5) is 0 Å². The minimum atomic E-state index is -0.194. The van der Waals surface area contributed by atoms with Gasteiger partial charge in [-0.25, -0.2) is 0 Å². The summed E-state index contributed by atoms with van der Waals surface area (Å²) >= 11 is 0. The fourth-order valence-corrected chi connectivity index (χ4v) is 3.10. The molecule has 33 heavy (non-hydrogen) atoms. The first kappa shape index (κ1) is 23.5. The molecule has 0 saturated carbocycles. The minimum absolute atomic E-state index is 0.0533. The van der Waals surface area contributed by atoms with Crippen molar-refractivity contribution in [3.05, 3.63) is 131 Å². The monoisotopic (exact) mass is 438 g/mol. The number of phenols is 1. The second kappa shape index (κ2) is 12.0. The van der Waals surface area contributed by atoms with Gasteiger partial charge < -0.3 is 9.84 Å². The smallest absolute Gasteiger partial charge is 0.196 e. The Morgan fingerprint density at radius 2 is 1.12 bits per heavy atom. The van der Waals surface area contributed by atoms with E-state index in [9.17, 15) is 14.7 Å². The van der Waals surface area contributed by atoms with Crippen LogP contribution in [0.15, 0.2) is 109 Å². The Hall–Kier alpha value is -4.18. The second-order valence-electron chi connectivity index (χ2n) is 7.28. The Morgan fingerprint density at radius 3 is 1.55 bits per heavy atom. The molecular formula is C29H26O4. The molecule has 0 saturated heterocycles. The summed E-state index contributed by atoms with van der Waals surface area (Å²) in [6, 6.07) is 32.3. The molecule has 0 fully saturated rings. The number of benzene rings is 4. The molecule has 0 aromatic heterocycles. The fraction of sp³-hybridized carbons (Fsp3) is 0.103. The van der Waals surface area contributed by atoms with Gasteiger partial charge in [0.05, 0.1) is 12.2 Å². The van der Waals surface area contributed by atoms with Crippen molar-refractivity contribution in [1.82, 2.24) is 0 Å². The fourth-order valence-electron chi connectivity index (χ4n) is 3.10. The maximum atomic E-state index is 12.2. The molecule has 4 heteroatoms. The van der Waals surface area contributed by atoms with Gasteiger partial charge in [0, 0.05) is 22.8 Å². The van der Waals surface area contributed by atoms with E-state index in [0.717, 1.165) is 17.5 Å². The van der Waals surface area contributed by atoms with Crippen molar-refractivity contribution in [3.8, 4) is 11.5 Å². The molecule has 0 bridgehead atoms.